The predicted molar refractivity (Wildman–Crippen MR) is 76.7 cm³/mol. The summed E-state index contributed by atoms with van der Waals surface area (Å²) in [5.41, 5.74) is 5.58. The number of aryl methyl sites for hydroxylation is 1. The number of rotatable bonds is 4. The summed E-state index contributed by atoms with van der Waals surface area (Å²) in [7, 11) is -2.25. The van der Waals surface area contributed by atoms with Crippen molar-refractivity contribution in [2.75, 3.05) is 4.72 Å². The lowest BCUT2D eigenvalue weighted by Crippen LogP contribution is -2.14. The van der Waals surface area contributed by atoms with Gasteiger partial charge in [-0.15, -0.1) is 0 Å². The van der Waals surface area contributed by atoms with Crippen LogP contribution >= 0.6 is 15.9 Å². The van der Waals surface area contributed by atoms with Crippen LogP contribution in [0.2, 0.25) is 0 Å². The smallest absolute Gasteiger partial charge is 0.265 e. The summed E-state index contributed by atoms with van der Waals surface area (Å²) in [4.78, 5) is 15.0. The summed E-state index contributed by atoms with van der Waals surface area (Å²) in [6.07, 6.45) is 2.69. The highest BCUT2D eigenvalue weighted by Gasteiger charge is 2.19. The van der Waals surface area contributed by atoms with Gasteiger partial charge in [-0.25, -0.2) is 13.4 Å². The summed E-state index contributed by atoms with van der Waals surface area (Å²) in [6.45, 7) is 0. The van der Waals surface area contributed by atoms with E-state index in [0.29, 0.717) is 10.3 Å². The molecule has 0 aromatic carbocycles. The molecule has 0 saturated heterocycles. The van der Waals surface area contributed by atoms with Crippen LogP contribution in [0, 0.1) is 0 Å². The first kappa shape index (κ1) is 14.5. The van der Waals surface area contributed by atoms with E-state index in [4.69, 9.17) is 5.73 Å². The minimum atomic E-state index is -3.80. The molecule has 0 atom stereocenters. The van der Waals surface area contributed by atoms with E-state index in [0.717, 1.165) is 0 Å². The monoisotopic (exact) mass is 358 g/mol. The van der Waals surface area contributed by atoms with Gasteiger partial charge in [0.05, 0.1) is 11.9 Å². The van der Waals surface area contributed by atoms with Gasteiger partial charge in [0, 0.05) is 13.2 Å². The average Bonchev–Trinajstić information content (AvgIpc) is 2.75. The van der Waals surface area contributed by atoms with Gasteiger partial charge in [0.15, 0.2) is 0 Å². The Labute approximate surface area is 124 Å². The number of anilines is 1. The molecule has 0 saturated carbocycles. The molecule has 0 aliphatic rings. The molecule has 9 heteroatoms. The van der Waals surface area contributed by atoms with E-state index in [9.17, 15) is 13.2 Å². The van der Waals surface area contributed by atoms with Gasteiger partial charge in [-0.2, -0.15) is 0 Å². The summed E-state index contributed by atoms with van der Waals surface area (Å²) in [6, 6.07) is 4.39. The third-order valence-electron chi connectivity index (χ3n) is 2.52. The highest BCUT2D eigenvalue weighted by atomic mass is 79.9. The number of hydrogen-bond donors (Lipinski definition) is 2. The fourth-order valence-electron chi connectivity index (χ4n) is 1.58. The van der Waals surface area contributed by atoms with E-state index in [-0.39, 0.29) is 10.6 Å². The SMILES string of the molecule is Cn1cc(S(=O)(=O)Nc2ccc(Br)nc2)cc1C(N)=O. The lowest BCUT2D eigenvalue weighted by atomic mass is 10.4. The van der Waals surface area contributed by atoms with Crippen molar-refractivity contribution in [3.8, 4) is 0 Å². The number of aromatic nitrogens is 2. The Morgan fingerprint density at radius 3 is 2.65 bits per heavy atom. The zero-order valence-corrected chi connectivity index (χ0v) is 12.8. The molecule has 0 aliphatic carbocycles. The van der Waals surface area contributed by atoms with Crippen LogP contribution < -0.4 is 10.5 Å². The maximum absolute atomic E-state index is 12.2. The molecule has 1 amide bonds. The van der Waals surface area contributed by atoms with Crippen LogP contribution in [0.25, 0.3) is 0 Å². The quantitative estimate of drug-likeness (QED) is 0.797. The van der Waals surface area contributed by atoms with Crippen LogP contribution in [0.5, 0.6) is 0 Å². The molecular weight excluding hydrogens is 348 g/mol. The summed E-state index contributed by atoms with van der Waals surface area (Å²) >= 11 is 3.16. The second kappa shape index (κ2) is 5.25. The van der Waals surface area contributed by atoms with Crippen molar-refractivity contribution in [1.82, 2.24) is 9.55 Å². The van der Waals surface area contributed by atoms with Crippen molar-refractivity contribution in [3.63, 3.8) is 0 Å². The highest BCUT2D eigenvalue weighted by Crippen LogP contribution is 2.18. The zero-order chi connectivity index (χ0) is 14.9. The van der Waals surface area contributed by atoms with Gasteiger partial charge >= 0.3 is 0 Å². The largest absolute Gasteiger partial charge is 0.364 e. The Balaban J connectivity index is 2.33. The second-order valence-electron chi connectivity index (χ2n) is 4.01. The number of amides is 1. The number of pyridine rings is 1. The maximum atomic E-state index is 12.2. The first-order valence-electron chi connectivity index (χ1n) is 5.40. The Bertz CT molecular complexity index is 752. The van der Waals surface area contributed by atoms with Crippen molar-refractivity contribution in [2.45, 2.75) is 4.90 Å². The molecule has 0 radical (unpaired) electrons. The van der Waals surface area contributed by atoms with Gasteiger partial charge in [-0.3, -0.25) is 9.52 Å². The minimum absolute atomic E-state index is 0.0447. The molecule has 0 bridgehead atoms. The average molecular weight is 359 g/mol. The van der Waals surface area contributed by atoms with E-state index in [1.54, 1.807) is 19.2 Å². The topological polar surface area (TPSA) is 107 Å². The van der Waals surface area contributed by atoms with Gasteiger partial charge < -0.3 is 10.3 Å². The third kappa shape index (κ3) is 2.99. The van der Waals surface area contributed by atoms with Crippen LogP contribution in [0.1, 0.15) is 10.5 Å². The third-order valence-corrected chi connectivity index (χ3v) is 4.34. The van der Waals surface area contributed by atoms with Gasteiger partial charge in [0.25, 0.3) is 15.9 Å². The van der Waals surface area contributed by atoms with E-state index >= 15 is 0 Å². The Morgan fingerprint density at radius 2 is 2.15 bits per heavy atom. The number of primary amides is 1. The van der Waals surface area contributed by atoms with Crippen LogP contribution in [-0.4, -0.2) is 23.9 Å². The molecule has 0 fully saturated rings. The van der Waals surface area contributed by atoms with Crippen LogP contribution in [-0.2, 0) is 17.1 Å². The Morgan fingerprint density at radius 1 is 1.45 bits per heavy atom. The number of carbonyl (C=O) groups is 1. The normalized spacial score (nSPS) is 11.3. The number of nitrogens with two attached hydrogens (primary N) is 1. The molecule has 0 aliphatic heterocycles. The molecule has 2 rings (SSSR count). The summed E-state index contributed by atoms with van der Waals surface area (Å²) < 4.78 is 28.6. The lowest BCUT2D eigenvalue weighted by molar-refractivity contribution is 0.0992. The number of carbonyl (C=O) groups excluding carboxylic acids is 1. The molecule has 2 aromatic heterocycles. The molecule has 0 spiro atoms. The first-order valence-corrected chi connectivity index (χ1v) is 7.68. The number of hydrogen-bond acceptors (Lipinski definition) is 4. The van der Waals surface area contributed by atoms with Crippen molar-refractivity contribution in [3.05, 3.63) is 40.9 Å². The molecule has 20 heavy (non-hydrogen) atoms. The summed E-state index contributed by atoms with van der Waals surface area (Å²) in [5, 5.41) is 0. The van der Waals surface area contributed by atoms with Gasteiger partial charge in [0.2, 0.25) is 0 Å². The van der Waals surface area contributed by atoms with Crippen LogP contribution in [0.15, 0.2) is 40.1 Å². The number of nitrogens with zero attached hydrogens (tertiary/aromatic N) is 2. The lowest BCUT2D eigenvalue weighted by Gasteiger charge is -2.05. The van der Waals surface area contributed by atoms with E-state index in [1.807, 2.05) is 0 Å². The molecule has 0 unspecified atom stereocenters. The van der Waals surface area contributed by atoms with Gasteiger partial charge in [-0.1, -0.05) is 0 Å². The van der Waals surface area contributed by atoms with E-state index < -0.39 is 15.9 Å². The molecule has 2 heterocycles. The van der Waals surface area contributed by atoms with Crippen LogP contribution in [0.3, 0.4) is 0 Å². The Hall–Kier alpha value is -1.87. The molecule has 2 aromatic rings. The second-order valence-corrected chi connectivity index (χ2v) is 6.51. The van der Waals surface area contributed by atoms with Gasteiger partial charge in [0.1, 0.15) is 15.2 Å². The standard InChI is InChI=1S/C11H11BrN4O3S/c1-16-6-8(4-9(16)11(13)17)20(18,19)15-7-2-3-10(12)14-5-7/h2-6,15H,1H3,(H2,13,17). The number of nitrogens with one attached hydrogen (secondary N) is 1. The van der Waals surface area contributed by atoms with Gasteiger partial charge in [-0.05, 0) is 34.1 Å². The highest BCUT2D eigenvalue weighted by molar-refractivity contribution is 9.10. The number of halogens is 1. The van der Waals surface area contributed by atoms with Crippen molar-refractivity contribution in [2.24, 2.45) is 12.8 Å². The number of sulfonamides is 1. The predicted octanol–water partition coefficient (Wildman–Crippen LogP) is 1.08. The maximum Gasteiger partial charge on any atom is 0.265 e. The van der Waals surface area contributed by atoms with Crippen molar-refractivity contribution < 1.29 is 13.2 Å². The summed E-state index contributed by atoms with van der Waals surface area (Å²) in [5.74, 6) is -0.695. The molecule has 3 N–H and O–H groups in total. The zero-order valence-electron chi connectivity index (χ0n) is 10.4. The fourth-order valence-corrected chi connectivity index (χ4v) is 2.92. The van der Waals surface area contributed by atoms with Crippen LogP contribution in [0.4, 0.5) is 5.69 Å². The van der Waals surface area contributed by atoms with E-state index in [2.05, 4.69) is 25.6 Å². The van der Waals surface area contributed by atoms with E-state index in [1.165, 1.54) is 23.0 Å². The van der Waals surface area contributed by atoms with Crippen molar-refractivity contribution in [1.29, 1.82) is 0 Å². The molecule has 7 nitrogen and oxygen atoms in total. The first-order chi connectivity index (χ1) is 9.29. The molecular formula is C11H11BrN4O3S. The van der Waals surface area contributed by atoms with Crippen molar-refractivity contribution >= 4 is 37.5 Å². The Kier molecular flexibility index (Phi) is 3.82. The molecule has 106 valence electrons. The minimum Gasteiger partial charge on any atom is -0.364 e. The fraction of sp³-hybridized carbons (Fsp3) is 0.0909.